The topological polar surface area (TPSA) is 105 Å². The third-order valence-corrected chi connectivity index (χ3v) is 7.10. The van der Waals surface area contributed by atoms with E-state index in [2.05, 4.69) is 20.2 Å². The van der Waals surface area contributed by atoms with Gasteiger partial charge in [-0.05, 0) is 37.5 Å². The summed E-state index contributed by atoms with van der Waals surface area (Å²) in [7, 11) is -1.95. The van der Waals surface area contributed by atoms with Crippen LogP contribution in [-0.2, 0) is 14.6 Å². The van der Waals surface area contributed by atoms with Gasteiger partial charge in [0.15, 0.2) is 9.84 Å². The average Bonchev–Trinajstić information content (AvgIpc) is 3.14. The molecule has 1 aromatic heterocycles. The zero-order valence-corrected chi connectivity index (χ0v) is 18.8. The molecule has 2 aromatic rings. The molecule has 172 valence electrons. The second kappa shape index (κ2) is 8.89. The highest BCUT2D eigenvalue weighted by atomic mass is 32.2. The van der Waals surface area contributed by atoms with Gasteiger partial charge < -0.3 is 19.9 Å². The summed E-state index contributed by atoms with van der Waals surface area (Å²) in [4.78, 5) is 25.5. The van der Waals surface area contributed by atoms with Crippen LogP contribution in [0.15, 0.2) is 35.5 Å². The Hall–Kier alpha value is -2.95. The van der Waals surface area contributed by atoms with Gasteiger partial charge in [0, 0.05) is 31.9 Å². The molecular formula is C21H26FN5O4S. The fraction of sp³-hybridized carbons (Fsp3) is 0.476. The molecule has 9 nitrogen and oxygen atoms in total. The lowest BCUT2D eigenvalue weighted by Gasteiger charge is -2.37. The van der Waals surface area contributed by atoms with Crippen LogP contribution in [0.2, 0.25) is 0 Å². The number of likely N-dealkylation sites (tertiary alicyclic amines) is 1. The Morgan fingerprint density at radius 3 is 2.47 bits per heavy atom. The number of carbonyl (C=O) groups excluding carboxylic acids is 1. The first-order valence-corrected chi connectivity index (χ1v) is 12.3. The Morgan fingerprint density at radius 2 is 1.88 bits per heavy atom. The summed E-state index contributed by atoms with van der Waals surface area (Å²) in [6.07, 6.45) is 6.48. The number of nitrogens with zero attached hydrogens (tertiary/aromatic N) is 4. The van der Waals surface area contributed by atoms with Crippen LogP contribution in [-0.4, -0.2) is 74.3 Å². The number of ether oxygens (including phenoxy) is 1. The van der Waals surface area contributed by atoms with Crippen molar-refractivity contribution in [2.45, 2.75) is 36.2 Å². The van der Waals surface area contributed by atoms with Gasteiger partial charge in [0.25, 0.3) is 0 Å². The minimum Gasteiger partial charge on any atom is -0.480 e. The van der Waals surface area contributed by atoms with E-state index in [0.717, 1.165) is 44.1 Å². The predicted molar refractivity (Wildman–Crippen MR) is 117 cm³/mol. The van der Waals surface area contributed by atoms with Crippen LogP contribution in [0.4, 0.5) is 15.9 Å². The number of piperidine rings is 1. The van der Waals surface area contributed by atoms with Crippen LogP contribution in [0, 0.1) is 5.82 Å². The summed E-state index contributed by atoms with van der Waals surface area (Å²) in [5.41, 5.74) is 0.130. The largest absolute Gasteiger partial charge is 0.480 e. The Balaban J connectivity index is 1.35. The minimum atomic E-state index is -3.49. The molecular weight excluding hydrogens is 437 g/mol. The first kappa shape index (κ1) is 22.3. The fourth-order valence-corrected chi connectivity index (χ4v) is 4.85. The predicted octanol–water partition coefficient (Wildman–Crippen LogP) is 1.71. The second-order valence-electron chi connectivity index (χ2n) is 8.07. The lowest BCUT2D eigenvalue weighted by atomic mass is 10.0. The number of rotatable bonds is 6. The average molecular weight is 464 g/mol. The third kappa shape index (κ3) is 4.62. The molecule has 0 saturated carbocycles. The standard InChI is InChI=1S/C21H26FN5O4S/c1-31-20-13-23-19(12-24-20)26-8-5-14(6-9-26)27-10-7-18(21(27)28)25-17-4-3-15(11-16(17)22)32(2,29)30/h3-4,11-14,18,25H,5-10H2,1-2H3. The van der Waals surface area contributed by atoms with E-state index in [1.54, 1.807) is 19.5 Å². The van der Waals surface area contributed by atoms with Crippen molar-refractivity contribution < 1.29 is 22.3 Å². The monoisotopic (exact) mass is 463 g/mol. The van der Waals surface area contributed by atoms with Crippen molar-refractivity contribution in [3.63, 3.8) is 0 Å². The summed E-state index contributed by atoms with van der Waals surface area (Å²) in [5.74, 6) is 0.504. The molecule has 4 rings (SSSR count). The molecule has 1 N–H and O–H groups in total. The Kier molecular flexibility index (Phi) is 6.18. The molecule has 2 aliphatic heterocycles. The fourth-order valence-electron chi connectivity index (χ4n) is 4.21. The van der Waals surface area contributed by atoms with E-state index in [4.69, 9.17) is 4.74 Å². The molecule has 1 aromatic carbocycles. The highest BCUT2D eigenvalue weighted by Crippen LogP contribution is 2.27. The van der Waals surface area contributed by atoms with Crippen LogP contribution < -0.4 is 15.0 Å². The van der Waals surface area contributed by atoms with E-state index in [1.807, 2.05) is 4.90 Å². The number of benzene rings is 1. The molecule has 2 fully saturated rings. The van der Waals surface area contributed by atoms with E-state index in [0.29, 0.717) is 18.8 Å². The maximum absolute atomic E-state index is 14.4. The van der Waals surface area contributed by atoms with Crippen molar-refractivity contribution in [3.05, 3.63) is 36.4 Å². The van der Waals surface area contributed by atoms with Gasteiger partial charge >= 0.3 is 0 Å². The molecule has 2 aliphatic rings. The van der Waals surface area contributed by atoms with Crippen molar-refractivity contribution in [1.82, 2.24) is 14.9 Å². The van der Waals surface area contributed by atoms with Gasteiger partial charge in [-0.15, -0.1) is 0 Å². The van der Waals surface area contributed by atoms with E-state index < -0.39 is 21.7 Å². The van der Waals surface area contributed by atoms with Gasteiger partial charge in [-0.3, -0.25) is 4.79 Å². The van der Waals surface area contributed by atoms with E-state index >= 15 is 0 Å². The van der Waals surface area contributed by atoms with Gasteiger partial charge in [0.2, 0.25) is 11.8 Å². The normalized spacial score (nSPS) is 20.0. The van der Waals surface area contributed by atoms with E-state index in [1.165, 1.54) is 12.1 Å². The maximum atomic E-state index is 14.4. The van der Waals surface area contributed by atoms with Crippen LogP contribution >= 0.6 is 0 Å². The summed E-state index contributed by atoms with van der Waals surface area (Å²) >= 11 is 0. The molecule has 0 spiro atoms. The van der Waals surface area contributed by atoms with Crippen LogP contribution in [0.3, 0.4) is 0 Å². The lowest BCUT2D eigenvalue weighted by Crippen LogP contribution is -2.47. The number of anilines is 2. The molecule has 3 heterocycles. The van der Waals surface area contributed by atoms with Crippen molar-refractivity contribution in [1.29, 1.82) is 0 Å². The summed E-state index contributed by atoms with van der Waals surface area (Å²) < 4.78 is 42.6. The number of amides is 1. The summed E-state index contributed by atoms with van der Waals surface area (Å²) in [5, 5.41) is 2.95. The molecule has 0 aliphatic carbocycles. The maximum Gasteiger partial charge on any atom is 0.245 e. The molecule has 0 bridgehead atoms. The Bertz CT molecular complexity index is 1090. The van der Waals surface area contributed by atoms with Gasteiger partial charge in [0.1, 0.15) is 17.7 Å². The first-order chi connectivity index (χ1) is 15.3. The number of methoxy groups -OCH3 is 1. The molecule has 1 unspecified atom stereocenters. The van der Waals surface area contributed by atoms with Gasteiger partial charge in [-0.2, -0.15) is 0 Å². The second-order valence-corrected chi connectivity index (χ2v) is 10.1. The van der Waals surface area contributed by atoms with Crippen molar-refractivity contribution in [2.75, 3.05) is 43.2 Å². The smallest absolute Gasteiger partial charge is 0.245 e. The molecule has 32 heavy (non-hydrogen) atoms. The number of hydrogen-bond donors (Lipinski definition) is 1. The van der Waals surface area contributed by atoms with Crippen LogP contribution in [0.25, 0.3) is 0 Å². The van der Waals surface area contributed by atoms with Crippen LogP contribution in [0.1, 0.15) is 19.3 Å². The molecule has 1 atom stereocenters. The zero-order chi connectivity index (χ0) is 22.9. The van der Waals surface area contributed by atoms with Gasteiger partial charge in [0.05, 0.1) is 30.1 Å². The van der Waals surface area contributed by atoms with Crippen molar-refractivity contribution >= 4 is 27.2 Å². The molecule has 0 radical (unpaired) electrons. The SMILES string of the molecule is COc1cnc(N2CCC(N3CCC(Nc4ccc(S(C)(=O)=O)cc4F)C3=O)CC2)cn1. The zero-order valence-electron chi connectivity index (χ0n) is 18.0. The number of sulfone groups is 1. The van der Waals surface area contributed by atoms with Crippen LogP contribution in [0.5, 0.6) is 5.88 Å². The summed E-state index contributed by atoms with van der Waals surface area (Å²) in [6, 6.07) is 3.28. The number of carbonyl (C=O) groups is 1. The van der Waals surface area contributed by atoms with E-state index in [9.17, 15) is 17.6 Å². The molecule has 11 heteroatoms. The highest BCUT2D eigenvalue weighted by Gasteiger charge is 2.37. The number of nitrogens with one attached hydrogen (secondary N) is 1. The molecule has 1 amide bonds. The van der Waals surface area contributed by atoms with Gasteiger partial charge in [-0.1, -0.05) is 0 Å². The number of aromatic nitrogens is 2. The lowest BCUT2D eigenvalue weighted by molar-refractivity contribution is -0.130. The third-order valence-electron chi connectivity index (χ3n) is 5.99. The highest BCUT2D eigenvalue weighted by molar-refractivity contribution is 7.90. The van der Waals surface area contributed by atoms with E-state index in [-0.39, 0.29) is 22.5 Å². The number of halogens is 1. The number of hydrogen-bond acceptors (Lipinski definition) is 8. The quantitative estimate of drug-likeness (QED) is 0.691. The minimum absolute atomic E-state index is 0.0562. The molecule has 2 saturated heterocycles. The first-order valence-electron chi connectivity index (χ1n) is 10.4. The van der Waals surface area contributed by atoms with Gasteiger partial charge in [-0.25, -0.2) is 22.8 Å². The van der Waals surface area contributed by atoms with Crippen molar-refractivity contribution in [2.24, 2.45) is 0 Å². The Morgan fingerprint density at radius 1 is 1.12 bits per heavy atom. The van der Waals surface area contributed by atoms with Crippen molar-refractivity contribution in [3.8, 4) is 5.88 Å². The Labute approximate surface area is 186 Å². The summed E-state index contributed by atoms with van der Waals surface area (Å²) in [6.45, 7) is 2.12.